The van der Waals surface area contributed by atoms with E-state index in [1.54, 1.807) is 23.3 Å². The van der Waals surface area contributed by atoms with Crippen molar-refractivity contribution in [3.63, 3.8) is 0 Å². The van der Waals surface area contributed by atoms with E-state index in [2.05, 4.69) is 10.2 Å². The maximum Gasteiger partial charge on any atom is 0.222 e. The minimum atomic E-state index is -3.26. The molecule has 0 bridgehead atoms. The van der Waals surface area contributed by atoms with Crippen LogP contribution in [0.4, 0.5) is 10.8 Å². The van der Waals surface area contributed by atoms with Gasteiger partial charge in [0.05, 0.1) is 5.69 Å². The van der Waals surface area contributed by atoms with Crippen LogP contribution in [0.15, 0.2) is 174 Å². The second-order valence-corrected chi connectivity index (χ2v) is 17.1. The van der Waals surface area contributed by atoms with Gasteiger partial charge in [0, 0.05) is 62.2 Å². The zero-order valence-electron chi connectivity index (χ0n) is 27.1. The Morgan fingerprint density at radius 2 is 0.824 bits per heavy atom. The Labute approximate surface area is 300 Å². The summed E-state index contributed by atoms with van der Waals surface area (Å²) in [4.78, 5) is 4.79. The Morgan fingerprint density at radius 3 is 1.22 bits per heavy atom. The van der Waals surface area contributed by atoms with Crippen molar-refractivity contribution in [2.45, 2.75) is 0 Å². The predicted molar refractivity (Wildman–Crippen MR) is 210 cm³/mol. The van der Waals surface area contributed by atoms with Gasteiger partial charge in [0.1, 0.15) is 23.0 Å². The fourth-order valence-corrected chi connectivity index (χ4v) is 10.4. The summed E-state index contributed by atoms with van der Waals surface area (Å²) in [7, 11) is -6.48. The summed E-state index contributed by atoms with van der Waals surface area (Å²) >= 11 is 1.38. The van der Waals surface area contributed by atoms with Crippen LogP contribution in [0, 0.1) is 0 Å². The van der Waals surface area contributed by atoms with E-state index in [4.69, 9.17) is 14.5 Å². The Bertz CT molecular complexity index is 2290. The number of ether oxygens (including phenoxy) is 2. The maximum atomic E-state index is 14.4. The summed E-state index contributed by atoms with van der Waals surface area (Å²) in [6, 6.07) is 46.2. The van der Waals surface area contributed by atoms with E-state index >= 15 is 0 Å². The lowest BCUT2D eigenvalue weighted by Crippen LogP contribution is -2.03. The molecule has 250 valence electrons. The molecule has 0 aliphatic carbocycles. The van der Waals surface area contributed by atoms with Crippen LogP contribution in [-0.4, -0.2) is 4.98 Å². The number of anilines is 2. The third-order valence-corrected chi connectivity index (χ3v) is 12.7. The zero-order chi connectivity index (χ0) is 34.7. The molecule has 8 rings (SSSR count). The first-order valence-electron chi connectivity index (χ1n) is 16.2. The number of thiazole rings is 1. The van der Waals surface area contributed by atoms with Crippen LogP contribution in [0.25, 0.3) is 34.3 Å². The first-order valence-corrected chi connectivity index (χ1v) is 20.8. The number of hydrogen-bond donors (Lipinski definition) is 2. The molecule has 0 saturated carbocycles. The lowest BCUT2D eigenvalue weighted by molar-refractivity contribution is 0.468. The molecule has 0 fully saturated rings. The Hall–Kier alpha value is -5.65. The van der Waals surface area contributed by atoms with Crippen molar-refractivity contribution in [3.05, 3.63) is 196 Å². The van der Waals surface area contributed by atoms with Crippen molar-refractivity contribution in [1.82, 2.24) is 4.98 Å². The van der Waals surface area contributed by atoms with Crippen molar-refractivity contribution in [3.8, 4) is 11.3 Å². The highest BCUT2D eigenvalue weighted by molar-refractivity contribution is 7.72. The number of aromatic nitrogens is 1. The Morgan fingerprint density at radius 1 is 0.451 bits per heavy atom. The fraction of sp³-hybridized carbons (Fsp3) is 0. The minimum Gasteiger partial charge on any atom is -0.456 e. The molecule has 0 saturated heterocycles. The fourth-order valence-electron chi connectivity index (χ4n) is 5.71. The van der Waals surface area contributed by atoms with Crippen LogP contribution in [0.1, 0.15) is 22.3 Å². The van der Waals surface area contributed by atoms with E-state index < -0.39 is 14.6 Å². The molecule has 1 aromatic heterocycles. The van der Waals surface area contributed by atoms with Gasteiger partial charge in [-0.3, -0.25) is 9.13 Å². The van der Waals surface area contributed by atoms with Gasteiger partial charge in [-0.25, -0.2) is 4.98 Å². The van der Waals surface area contributed by atoms with Crippen LogP contribution in [0.2, 0.25) is 0 Å². The maximum absolute atomic E-state index is 14.4. The van der Waals surface area contributed by atoms with Gasteiger partial charge in [-0.05, 0) is 12.1 Å². The molecule has 0 atom stereocenters. The first-order chi connectivity index (χ1) is 24.9. The number of benzene rings is 5. The zero-order valence-corrected chi connectivity index (χ0v) is 29.7. The van der Waals surface area contributed by atoms with Gasteiger partial charge in [0.2, 0.25) is 14.6 Å². The SMILES string of the molecule is O=P1(Nc2ccc(-c3csc(NP4(=O)C=C(c5ccccc5)OC(c5ccccc5)=C4)n3)cc2)C=C(c2ccccc2)OC(c2ccccc2)=C1. The van der Waals surface area contributed by atoms with Crippen LogP contribution < -0.4 is 10.2 Å². The molecule has 0 spiro atoms. The molecule has 7 nitrogen and oxygen atoms in total. The van der Waals surface area contributed by atoms with E-state index in [1.165, 1.54) is 11.3 Å². The van der Waals surface area contributed by atoms with Crippen molar-refractivity contribution < 1.29 is 18.6 Å². The van der Waals surface area contributed by atoms with E-state index in [9.17, 15) is 9.13 Å². The molecular formula is C41H31N3O4P2S. The van der Waals surface area contributed by atoms with Crippen molar-refractivity contribution in [2.24, 2.45) is 0 Å². The average molecular weight is 724 g/mol. The molecule has 2 N–H and O–H groups in total. The van der Waals surface area contributed by atoms with E-state index in [1.807, 2.05) is 151 Å². The van der Waals surface area contributed by atoms with Gasteiger partial charge in [-0.1, -0.05) is 133 Å². The normalized spacial score (nSPS) is 15.9. The van der Waals surface area contributed by atoms with Gasteiger partial charge in [-0.15, -0.1) is 11.3 Å². The number of rotatable bonds is 9. The molecule has 0 radical (unpaired) electrons. The second kappa shape index (κ2) is 13.9. The smallest absolute Gasteiger partial charge is 0.222 e. The standard InChI is InChI=1S/C41H31N3O4P2S/c45-49(25-37(31-13-5-1-6-14-31)47-38(26-49)32-15-7-2-8-16-32)43-35-23-21-30(22-24-35)36-29-51-41(42-36)44-50(46)27-39(33-17-9-3-10-18-33)48-40(28-50)34-19-11-4-12-20-34/h1-29H,(H,43,45)(H,42,44,46). The topological polar surface area (TPSA) is 89.6 Å². The summed E-state index contributed by atoms with van der Waals surface area (Å²) in [6.45, 7) is 0. The molecule has 0 amide bonds. The summed E-state index contributed by atoms with van der Waals surface area (Å²) < 4.78 is 41.2. The molecule has 51 heavy (non-hydrogen) atoms. The molecule has 0 unspecified atom stereocenters. The highest BCUT2D eigenvalue weighted by atomic mass is 32.1. The van der Waals surface area contributed by atoms with Gasteiger partial charge in [0.25, 0.3) is 0 Å². The molecule has 2 aliphatic rings. The van der Waals surface area contributed by atoms with Crippen LogP contribution in [0.3, 0.4) is 0 Å². The third-order valence-electron chi connectivity index (χ3n) is 8.17. The van der Waals surface area contributed by atoms with Crippen LogP contribution in [-0.2, 0) is 18.6 Å². The monoisotopic (exact) mass is 723 g/mol. The molecule has 2 aliphatic heterocycles. The number of nitrogens with one attached hydrogen (secondary N) is 2. The van der Waals surface area contributed by atoms with Crippen molar-refractivity contribution in [1.29, 1.82) is 0 Å². The minimum absolute atomic E-state index is 0.521. The molecule has 6 aromatic rings. The van der Waals surface area contributed by atoms with Gasteiger partial charge >= 0.3 is 0 Å². The van der Waals surface area contributed by atoms with Gasteiger partial charge in [0.15, 0.2) is 5.13 Å². The highest BCUT2D eigenvalue weighted by Gasteiger charge is 2.29. The van der Waals surface area contributed by atoms with Gasteiger partial charge < -0.3 is 19.6 Å². The summed E-state index contributed by atoms with van der Waals surface area (Å²) in [5.74, 6) is 8.77. The Balaban J connectivity index is 1.04. The summed E-state index contributed by atoms with van der Waals surface area (Å²) in [6.07, 6.45) is 0. The highest BCUT2D eigenvalue weighted by Crippen LogP contribution is 2.57. The quantitative estimate of drug-likeness (QED) is 0.144. The van der Waals surface area contributed by atoms with Crippen molar-refractivity contribution in [2.75, 3.05) is 10.2 Å². The lowest BCUT2D eigenvalue weighted by Gasteiger charge is -2.24. The number of hydrogen-bond acceptors (Lipinski definition) is 6. The molecule has 10 heteroatoms. The van der Waals surface area contributed by atoms with Crippen LogP contribution in [0.5, 0.6) is 0 Å². The van der Waals surface area contributed by atoms with E-state index in [0.29, 0.717) is 33.9 Å². The molecule has 5 aromatic carbocycles. The van der Waals surface area contributed by atoms with Gasteiger partial charge in [-0.2, -0.15) is 0 Å². The summed E-state index contributed by atoms with van der Waals surface area (Å²) in [5, 5.41) is 8.92. The van der Waals surface area contributed by atoms with E-state index in [0.717, 1.165) is 33.5 Å². The average Bonchev–Trinajstić information content (AvgIpc) is 3.63. The lowest BCUT2D eigenvalue weighted by atomic mass is 10.1. The summed E-state index contributed by atoms with van der Waals surface area (Å²) in [5.41, 5.74) is 5.61. The van der Waals surface area contributed by atoms with E-state index in [-0.39, 0.29) is 0 Å². The van der Waals surface area contributed by atoms with Crippen molar-refractivity contribution >= 4 is 59.8 Å². The first kappa shape index (κ1) is 32.5. The largest absolute Gasteiger partial charge is 0.456 e. The predicted octanol–water partition coefficient (Wildman–Crippen LogP) is 12.2. The van der Waals surface area contributed by atoms with Crippen LogP contribution >= 0.6 is 25.9 Å². The Kier molecular flexibility index (Phi) is 8.89. The molecular weight excluding hydrogens is 692 g/mol. The number of nitrogens with zero attached hydrogens (tertiary/aromatic N) is 1. The second-order valence-electron chi connectivity index (χ2n) is 11.9. The molecule has 3 heterocycles. The third kappa shape index (κ3) is 7.45.